The number of benzene rings is 2. The highest BCUT2D eigenvalue weighted by atomic mass is 16.5. The van der Waals surface area contributed by atoms with E-state index in [0.717, 1.165) is 36.1 Å². The molecule has 1 fully saturated rings. The van der Waals surface area contributed by atoms with Crippen LogP contribution in [0.5, 0.6) is 5.75 Å². The van der Waals surface area contributed by atoms with E-state index in [1.165, 1.54) is 12.3 Å². The summed E-state index contributed by atoms with van der Waals surface area (Å²) in [6.45, 7) is 1.25. The number of carbonyl (C=O) groups excluding carboxylic acids is 2. The molecule has 1 saturated heterocycles. The molecular formula is C25H25N3O3. The van der Waals surface area contributed by atoms with E-state index < -0.39 is 5.91 Å². The van der Waals surface area contributed by atoms with Gasteiger partial charge in [0.25, 0.3) is 5.91 Å². The number of ether oxygens (including phenoxy) is 1. The molecule has 0 saturated carbocycles. The van der Waals surface area contributed by atoms with Gasteiger partial charge in [-0.3, -0.25) is 14.6 Å². The Morgan fingerprint density at radius 3 is 2.52 bits per heavy atom. The number of rotatable bonds is 6. The van der Waals surface area contributed by atoms with Crippen LogP contribution < -0.4 is 10.5 Å². The van der Waals surface area contributed by atoms with E-state index >= 15 is 0 Å². The highest BCUT2D eigenvalue weighted by Gasteiger charge is 2.25. The third kappa shape index (κ3) is 5.28. The zero-order valence-electron chi connectivity index (χ0n) is 17.2. The van der Waals surface area contributed by atoms with E-state index in [9.17, 15) is 9.59 Å². The van der Waals surface area contributed by atoms with Crippen LogP contribution in [0.3, 0.4) is 0 Å². The first-order valence-corrected chi connectivity index (χ1v) is 10.4. The summed E-state index contributed by atoms with van der Waals surface area (Å²) in [7, 11) is 0. The Labute approximate surface area is 181 Å². The van der Waals surface area contributed by atoms with Gasteiger partial charge >= 0.3 is 0 Å². The summed E-state index contributed by atoms with van der Waals surface area (Å²) < 4.78 is 6.00. The fraction of sp³-hybridized carbons (Fsp3) is 0.240. The SMILES string of the molecule is NC(=O)c1cc(OC2CCCN(C(=O)Cc3ccc(-c4ccccc4)cc3)C2)ccn1. The van der Waals surface area contributed by atoms with Gasteiger partial charge < -0.3 is 15.4 Å². The Bertz CT molecular complexity index is 1050. The van der Waals surface area contributed by atoms with Crippen molar-refractivity contribution >= 4 is 11.8 Å². The van der Waals surface area contributed by atoms with Gasteiger partial charge in [0.15, 0.2) is 0 Å². The minimum atomic E-state index is -0.593. The third-order valence-electron chi connectivity index (χ3n) is 5.43. The van der Waals surface area contributed by atoms with Crippen LogP contribution in [-0.4, -0.2) is 40.9 Å². The first-order chi connectivity index (χ1) is 15.1. The average molecular weight is 415 g/mol. The van der Waals surface area contributed by atoms with Crippen LogP contribution in [-0.2, 0) is 11.2 Å². The lowest BCUT2D eigenvalue weighted by Gasteiger charge is -2.33. The Morgan fingerprint density at radius 1 is 1.03 bits per heavy atom. The first-order valence-electron chi connectivity index (χ1n) is 10.4. The molecule has 4 rings (SSSR count). The number of nitrogens with two attached hydrogens (primary N) is 1. The molecule has 3 aromatic rings. The zero-order valence-corrected chi connectivity index (χ0v) is 17.2. The molecular weight excluding hydrogens is 390 g/mol. The van der Waals surface area contributed by atoms with Crippen molar-refractivity contribution in [1.82, 2.24) is 9.88 Å². The normalized spacial score (nSPS) is 16.0. The van der Waals surface area contributed by atoms with Crippen molar-refractivity contribution in [2.75, 3.05) is 13.1 Å². The maximum Gasteiger partial charge on any atom is 0.267 e. The second kappa shape index (κ2) is 9.43. The molecule has 0 bridgehead atoms. The second-order valence-corrected chi connectivity index (χ2v) is 7.70. The van der Waals surface area contributed by atoms with E-state index in [2.05, 4.69) is 29.2 Å². The summed E-state index contributed by atoms with van der Waals surface area (Å²) in [5.41, 5.74) is 8.74. The van der Waals surface area contributed by atoms with Crippen molar-refractivity contribution in [3.05, 3.63) is 84.2 Å². The molecule has 31 heavy (non-hydrogen) atoms. The highest BCUT2D eigenvalue weighted by molar-refractivity contribution is 5.91. The standard InChI is InChI=1S/C25H25N3O3/c26-25(30)23-16-21(12-13-27-23)31-22-7-4-14-28(17-22)24(29)15-18-8-10-20(11-9-18)19-5-2-1-3-6-19/h1-3,5-6,8-13,16,22H,4,7,14-15,17H2,(H2,26,30). The lowest BCUT2D eigenvalue weighted by molar-refractivity contribution is -0.133. The van der Waals surface area contributed by atoms with E-state index in [4.69, 9.17) is 10.5 Å². The minimum absolute atomic E-state index is 0.0910. The number of nitrogens with zero attached hydrogens (tertiary/aromatic N) is 2. The second-order valence-electron chi connectivity index (χ2n) is 7.70. The van der Waals surface area contributed by atoms with E-state index in [1.54, 1.807) is 6.07 Å². The fourth-order valence-electron chi connectivity index (χ4n) is 3.80. The molecule has 1 aromatic heterocycles. The highest BCUT2D eigenvalue weighted by Crippen LogP contribution is 2.21. The smallest absolute Gasteiger partial charge is 0.267 e. The van der Waals surface area contributed by atoms with Crippen molar-refractivity contribution in [3.63, 3.8) is 0 Å². The molecule has 1 unspecified atom stereocenters. The summed E-state index contributed by atoms with van der Waals surface area (Å²) in [5, 5.41) is 0. The van der Waals surface area contributed by atoms with Crippen molar-refractivity contribution in [2.45, 2.75) is 25.4 Å². The third-order valence-corrected chi connectivity index (χ3v) is 5.43. The molecule has 158 valence electrons. The number of hydrogen-bond donors (Lipinski definition) is 1. The summed E-state index contributed by atoms with van der Waals surface area (Å²) in [6.07, 6.45) is 3.46. The van der Waals surface area contributed by atoms with Crippen LogP contribution in [0.1, 0.15) is 28.9 Å². The molecule has 0 radical (unpaired) electrons. The van der Waals surface area contributed by atoms with Gasteiger partial charge in [0.2, 0.25) is 5.91 Å². The molecule has 0 aliphatic carbocycles. The lowest BCUT2D eigenvalue weighted by atomic mass is 10.0. The number of primary amides is 1. The van der Waals surface area contributed by atoms with Crippen LogP contribution in [0.2, 0.25) is 0 Å². The van der Waals surface area contributed by atoms with E-state index in [0.29, 0.717) is 18.7 Å². The Kier molecular flexibility index (Phi) is 6.26. The maximum absolute atomic E-state index is 12.9. The monoisotopic (exact) mass is 415 g/mol. The fourth-order valence-corrected chi connectivity index (χ4v) is 3.80. The van der Waals surface area contributed by atoms with Gasteiger partial charge in [-0.25, -0.2) is 0 Å². The molecule has 1 atom stereocenters. The number of carbonyl (C=O) groups is 2. The number of pyridine rings is 1. The molecule has 1 aliphatic heterocycles. The quantitative estimate of drug-likeness (QED) is 0.668. The largest absolute Gasteiger partial charge is 0.488 e. The van der Waals surface area contributed by atoms with Crippen LogP contribution >= 0.6 is 0 Å². The van der Waals surface area contributed by atoms with Gasteiger partial charge in [-0.05, 0) is 35.6 Å². The van der Waals surface area contributed by atoms with Gasteiger partial charge in [0, 0.05) is 18.8 Å². The summed E-state index contributed by atoms with van der Waals surface area (Å²) in [6, 6.07) is 21.5. The van der Waals surface area contributed by atoms with Crippen LogP contribution in [0.4, 0.5) is 0 Å². The van der Waals surface area contributed by atoms with Crippen molar-refractivity contribution in [1.29, 1.82) is 0 Å². The number of piperidine rings is 1. The number of aromatic nitrogens is 1. The van der Waals surface area contributed by atoms with Gasteiger partial charge in [-0.15, -0.1) is 0 Å². The Hall–Kier alpha value is -3.67. The molecule has 2 N–H and O–H groups in total. The predicted octanol–water partition coefficient (Wildman–Crippen LogP) is 3.46. The number of hydrogen-bond acceptors (Lipinski definition) is 4. The Balaban J connectivity index is 1.35. The number of amides is 2. The summed E-state index contributed by atoms with van der Waals surface area (Å²) >= 11 is 0. The topological polar surface area (TPSA) is 85.5 Å². The molecule has 0 spiro atoms. The van der Waals surface area contributed by atoms with Crippen LogP contribution in [0.15, 0.2) is 72.9 Å². The van der Waals surface area contributed by atoms with Crippen molar-refractivity contribution in [3.8, 4) is 16.9 Å². The average Bonchev–Trinajstić information content (AvgIpc) is 2.80. The van der Waals surface area contributed by atoms with Gasteiger partial charge in [-0.1, -0.05) is 54.6 Å². The maximum atomic E-state index is 12.9. The summed E-state index contributed by atoms with van der Waals surface area (Å²) in [5.74, 6) is 0.0390. The van der Waals surface area contributed by atoms with Crippen molar-refractivity contribution in [2.24, 2.45) is 5.73 Å². The molecule has 6 heteroatoms. The number of likely N-dealkylation sites (tertiary alicyclic amines) is 1. The first kappa shape index (κ1) is 20.6. The molecule has 1 aliphatic rings. The van der Waals surface area contributed by atoms with E-state index in [1.807, 2.05) is 35.2 Å². The van der Waals surface area contributed by atoms with Crippen LogP contribution in [0.25, 0.3) is 11.1 Å². The zero-order chi connectivity index (χ0) is 21.6. The molecule has 2 heterocycles. The van der Waals surface area contributed by atoms with Gasteiger partial charge in [0.05, 0.1) is 13.0 Å². The minimum Gasteiger partial charge on any atom is -0.488 e. The molecule has 2 aromatic carbocycles. The van der Waals surface area contributed by atoms with Gasteiger partial charge in [-0.2, -0.15) is 0 Å². The van der Waals surface area contributed by atoms with Crippen molar-refractivity contribution < 1.29 is 14.3 Å². The molecule has 6 nitrogen and oxygen atoms in total. The van der Waals surface area contributed by atoms with Crippen LogP contribution in [0, 0.1) is 0 Å². The molecule has 2 amide bonds. The Morgan fingerprint density at radius 2 is 1.77 bits per heavy atom. The predicted molar refractivity (Wildman–Crippen MR) is 119 cm³/mol. The summed E-state index contributed by atoms with van der Waals surface area (Å²) in [4.78, 5) is 30.0. The lowest BCUT2D eigenvalue weighted by Crippen LogP contribution is -2.45. The van der Waals surface area contributed by atoms with E-state index in [-0.39, 0.29) is 17.7 Å². The van der Waals surface area contributed by atoms with Gasteiger partial charge in [0.1, 0.15) is 17.5 Å².